The molecule has 0 fully saturated rings. The first-order chi connectivity index (χ1) is 8.72. The predicted molar refractivity (Wildman–Crippen MR) is 69.0 cm³/mol. The van der Waals surface area contributed by atoms with E-state index in [1.165, 1.54) is 0 Å². The minimum Gasteiger partial charge on any atom is -0.423 e. The van der Waals surface area contributed by atoms with E-state index in [9.17, 15) is 0 Å². The third kappa shape index (κ3) is 1.88. The Balaban J connectivity index is 1.86. The number of nitrogen functional groups attached to an aromatic ring is 1. The van der Waals surface area contributed by atoms with Crippen LogP contribution < -0.4 is 11.1 Å². The highest BCUT2D eigenvalue weighted by molar-refractivity contribution is 5.78. The molecule has 0 aliphatic rings. The summed E-state index contributed by atoms with van der Waals surface area (Å²) < 4.78 is 5.57. The number of nitrogens with one attached hydrogen (secondary N) is 2. The van der Waals surface area contributed by atoms with Crippen LogP contribution in [0.1, 0.15) is 18.8 Å². The van der Waals surface area contributed by atoms with E-state index in [0.717, 1.165) is 11.3 Å². The molecule has 2 heterocycles. The molecule has 0 saturated carbocycles. The summed E-state index contributed by atoms with van der Waals surface area (Å²) in [6.07, 6.45) is 3.49. The number of nitrogens with zero attached hydrogens (tertiary/aromatic N) is 2. The van der Waals surface area contributed by atoms with Crippen LogP contribution >= 0.6 is 0 Å². The maximum atomic E-state index is 5.69. The highest BCUT2D eigenvalue weighted by Gasteiger charge is 2.11. The lowest BCUT2D eigenvalue weighted by Crippen LogP contribution is -2.08. The van der Waals surface area contributed by atoms with Crippen molar-refractivity contribution in [3.8, 4) is 0 Å². The van der Waals surface area contributed by atoms with Crippen molar-refractivity contribution < 1.29 is 4.42 Å². The number of hydrogen-bond donors (Lipinski definition) is 3. The van der Waals surface area contributed by atoms with E-state index in [1.54, 1.807) is 24.5 Å². The van der Waals surface area contributed by atoms with Crippen molar-refractivity contribution in [1.82, 2.24) is 15.0 Å². The topological polar surface area (TPSA) is 92.8 Å². The fourth-order valence-corrected chi connectivity index (χ4v) is 1.77. The predicted octanol–water partition coefficient (Wildman–Crippen LogP) is 2.31. The molecule has 1 aromatic carbocycles. The highest BCUT2D eigenvalue weighted by Crippen LogP contribution is 2.23. The van der Waals surface area contributed by atoms with Gasteiger partial charge in [-0.15, -0.1) is 0 Å². The number of benzene rings is 1. The molecular formula is C12H13N5O. The van der Waals surface area contributed by atoms with Gasteiger partial charge in [-0.25, -0.2) is 4.98 Å². The molecule has 0 radical (unpaired) electrons. The molecule has 2 aromatic heterocycles. The Morgan fingerprint density at radius 2 is 2.33 bits per heavy atom. The average Bonchev–Trinajstić information content (AvgIpc) is 2.95. The van der Waals surface area contributed by atoms with Crippen LogP contribution in [0, 0.1) is 0 Å². The van der Waals surface area contributed by atoms with Crippen LogP contribution in [-0.4, -0.2) is 15.0 Å². The average molecular weight is 243 g/mol. The van der Waals surface area contributed by atoms with E-state index in [4.69, 9.17) is 10.2 Å². The van der Waals surface area contributed by atoms with Crippen LogP contribution in [0.25, 0.3) is 11.1 Å². The number of rotatable bonds is 3. The molecule has 0 aliphatic heterocycles. The molecule has 4 N–H and O–H groups in total. The van der Waals surface area contributed by atoms with Gasteiger partial charge in [0.1, 0.15) is 11.3 Å². The lowest BCUT2D eigenvalue weighted by molar-refractivity contribution is 0.600. The molecule has 0 aliphatic carbocycles. The SMILES string of the molecule is CC(Nc1nc2ccc(N)cc2o1)c1ncc[nH]1. The molecule has 18 heavy (non-hydrogen) atoms. The molecule has 0 bridgehead atoms. The zero-order chi connectivity index (χ0) is 12.5. The molecule has 6 nitrogen and oxygen atoms in total. The monoisotopic (exact) mass is 243 g/mol. The van der Waals surface area contributed by atoms with Crippen LogP contribution in [0.2, 0.25) is 0 Å². The first kappa shape index (κ1) is 10.6. The van der Waals surface area contributed by atoms with Crippen LogP contribution in [0.3, 0.4) is 0 Å². The number of nitrogens with two attached hydrogens (primary N) is 1. The summed E-state index contributed by atoms with van der Waals surface area (Å²) >= 11 is 0. The van der Waals surface area contributed by atoms with Gasteiger partial charge in [-0.2, -0.15) is 4.98 Å². The fourth-order valence-electron chi connectivity index (χ4n) is 1.77. The molecule has 3 aromatic rings. The molecule has 0 saturated heterocycles. The van der Waals surface area contributed by atoms with E-state index in [1.807, 2.05) is 13.0 Å². The number of imidazole rings is 1. The maximum absolute atomic E-state index is 5.69. The molecule has 1 unspecified atom stereocenters. The van der Waals surface area contributed by atoms with Crippen LogP contribution in [0.15, 0.2) is 35.0 Å². The smallest absolute Gasteiger partial charge is 0.296 e. The zero-order valence-corrected chi connectivity index (χ0v) is 9.84. The number of oxazole rings is 1. The van der Waals surface area contributed by atoms with Crippen LogP contribution in [-0.2, 0) is 0 Å². The van der Waals surface area contributed by atoms with Crippen LogP contribution in [0.5, 0.6) is 0 Å². The third-order valence-corrected chi connectivity index (χ3v) is 2.68. The lowest BCUT2D eigenvalue weighted by atomic mass is 10.3. The van der Waals surface area contributed by atoms with Crippen molar-refractivity contribution in [1.29, 1.82) is 0 Å². The van der Waals surface area contributed by atoms with E-state index in [-0.39, 0.29) is 6.04 Å². The second kappa shape index (κ2) is 4.06. The quantitative estimate of drug-likeness (QED) is 0.614. The maximum Gasteiger partial charge on any atom is 0.296 e. The van der Waals surface area contributed by atoms with Crippen molar-refractivity contribution in [2.24, 2.45) is 0 Å². The summed E-state index contributed by atoms with van der Waals surface area (Å²) in [7, 11) is 0. The summed E-state index contributed by atoms with van der Waals surface area (Å²) in [6, 6.07) is 5.83. The highest BCUT2D eigenvalue weighted by atomic mass is 16.4. The van der Waals surface area contributed by atoms with Crippen molar-refractivity contribution in [3.63, 3.8) is 0 Å². The second-order valence-electron chi connectivity index (χ2n) is 4.09. The summed E-state index contributed by atoms with van der Waals surface area (Å²) in [5, 5.41) is 3.14. The van der Waals surface area contributed by atoms with Crippen molar-refractivity contribution >= 4 is 22.8 Å². The minimum absolute atomic E-state index is 0.00888. The van der Waals surface area contributed by atoms with E-state index in [0.29, 0.717) is 17.3 Å². The summed E-state index contributed by atoms with van der Waals surface area (Å²) in [5.74, 6) is 0.830. The fraction of sp³-hybridized carbons (Fsp3) is 0.167. The molecule has 1 atom stereocenters. The van der Waals surface area contributed by atoms with Gasteiger partial charge in [-0.05, 0) is 19.1 Å². The number of fused-ring (bicyclic) bond motifs is 1. The van der Waals surface area contributed by atoms with E-state index in [2.05, 4.69) is 20.3 Å². The van der Waals surface area contributed by atoms with Gasteiger partial charge in [0.25, 0.3) is 6.01 Å². The normalized spacial score (nSPS) is 12.7. The van der Waals surface area contributed by atoms with Crippen molar-refractivity contribution in [2.45, 2.75) is 13.0 Å². The van der Waals surface area contributed by atoms with Crippen LogP contribution in [0.4, 0.5) is 11.7 Å². The van der Waals surface area contributed by atoms with Gasteiger partial charge < -0.3 is 20.5 Å². The first-order valence-corrected chi connectivity index (χ1v) is 5.64. The number of aromatic nitrogens is 3. The Morgan fingerprint density at radius 1 is 1.44 bits per heavy atom. The summed E-state index contributed by atoms with van der Waals surface area (Å²) in [6.45, 7) is 1.97. The Kier molecular flexibility index (Phi) is 2.40. The minimum atomic E-state index is -0.00888. The summed E-state index contributed by atoms with van der Waals surface area (Å²) in [4.78, 5) is 11.5. The standard InChI is InChI=1S/C12H13N5O/c1-7(11-14-4-5-15-11)16-12-17-9-3-2-8(13)6-10(9)18-12/h2-7H,13H2,1H3,(H,14,15)(H,16,17). The molecule has 92 valence electrons. The third-order valence-electron chi connectivity index (χ3n) is 2.68. The largest absolute Gasteiger partial charge is 0.423 e. The first-order valence-electron chi connectivity index (χ1n) is 5.64. The van der Waals surface area contributed by atoms with Gasteiger partial charge in [0.05, 0.1) is 6.04 Å². The Bertz CT molecular complexity index is 658. The van der Waals surface area contributed by atoms with E-state index < -0.39 is 0 Å². The Labute approximate surface area is 103 Å². The van der Waals surface area contributed by atoms with Gasteiger partial charge in [-0.1, -0.05) is 0 Å². The van der Waals surface area contributed by atoms with Gasteiger partial charge in [0, 0.05) is 24.1 Å². The van der Waals surface area contributed by atoms with E-state index >= 15 is 0 Å². The molecule has 3 rings (SSSR count). The molecular weight excluding hydrogens is 230 g/mol. The second-order valence-corrected chi connectivity index (χ2v) is 4.09. The van der Waals surface area contributed by atoms with Gasteiger partial charge in [0.15, 0.2) is 5.58 Å². The zero-order valence-electron chi connectivity index (χ0n) is 9.84. The van der Waals surface area contributed by atoms with Crippen molar-refractivity contribution in [3.05, 3.63) is 36.4 Å². The molecule has 6 heteroatoms. The lowest BCUT2D eigenvalue weighted by Gasteiger charge is -2.08. The summed E-state index contributed by atoms with van der Waals surface area (Å²) in [5.41, 5.74) is 7.79. The Hall–Kier alpha value is -2.50. The van der Waals surface area contributed by atoms with Crippen molar-refractivity contribution in [2.75, 3.05) is 11.1 Å². The number of aromatic amines is 1. The number of anilines is 2. The number of hydrogen-bond acceptors (Lipinski definition) is 5. The Morgan fingerprint density at radius 3 is 3.11 bits per heavy atom. The van der Waals surface area contributed by atoms with Gasteiger partial charge >= 0.3 is 0 Å². The molecule has 0 amide bonds. The van der Waals surface area contributed by atoms with Gasteiger partial charge in [0.2, 0.25) is 0 Å². The van der Waals surface area contributed by atoms with Gasteiger partial charge in [-0.3, -0.25) is 0 Å². The number of H-pyrrole nitrogens is 1. The molecule has 0 spiro atoms.